The lowest BCUT2D eigenvalue weighted by atomic mass is 9.90. The predicted octanol–water partition coefficient (Wildman–Crippen LogP) is 7.95. The lowest BCUT2D eigenvalue weighted by molar-refractivity contribution is 0.460. The smallest absolute Gasteiger partial charge is 0.260 e. The maximum absolute atomic E-state index is 13.6. The molecule has 0 atom stereocenters. The average Bonchev–Trinajstić information content (AvgIpc) is 2.99. The monoisotopic (exact) mass is 558 g/mol. The van der Waals surface area contributed by atoms with Crippen LogP contribution >= 0.6 is 11.6 Å². The second-order valence-corrected chi connectivity index (χ2v) is 10.4. The molecule has 8 heteroatoms. The van der Waals surface area contributed by atoms with E-state index in [-0.39, 0.29) is 5.56 Å². The summed E-state index contributed by atoms with van der Waals surface area (Å²) >= 11 is 6.68. The average molecular weight is 559 g/mol. The summed E-state index contributed by atoms with van der Waals surface area (Å²) in [5.74, 6) is 1.33. The van der Waals surface area contributed by atoms with Gasteiger partial charge in [-0.1, -0.05) is 67.9 Å². The van der Waals surface area contributed by atoms with Crippen molar-refractivity contribution in [3.63, 3.8) is 0 Å². The topological polar surface area (TPSA) is 94.3 Å². The van der Waals surface area contributed by atoms with Crippen molar-refractivity contribution in [3.05, 3.63) is 93.3 Å². The van der Waals surface area contributed by atoms with Crippen LogP contribution in [0.3, 0.4) is 0 Å². The number of piperidine rings is 1. The number of allylic oxidation sites excluding steroid dienone is 1. The lowest BCUT2D eigenvalue weighted by Gasteiger charge is -2.23. The van der Waals surface area contributed by atoms with Gasteiger partial charge in [-0.15, -0.1) is 0 Å². The van der Waals surface area contributed by atoms with E-state index in [2.05, 4.69) is 58.8 Å². The van der Waals surface area contributed by atoms with E-state index in [4.69, 9.17) is 17.1 Å². The van der Waals surface area contributed by atoms with Gasteiger partial charge in [-0.2, -0.15) is 5.11 Å². The van der Waals surface area contributed by atoms with Gasteiger partial charge in [-0.3, -0.25) is 9.36 Å². The van der Waals surface area contributed by atoms with E-state index in [0.717, 1.165) is 42.7 Å². The number of nitrogens with one attached hydrogen (secondary N) is 4. The van der Waals surface area contributed by atoms with Gasteiger partial charge < -0.3 is 16.0 Å². The number of unbranched alkanes of at least 4 members (excludes halogenated alkanes) is 1. The standard InChI is InChI=1S/C32H39ClN6O/c1-4-7-8-30(38-34)25-11-14-27(29(33)20-25)28-19-22(5-2)31(39(6-3)32(28)40)37-21-36-26-12-9-23(10-13-26)24-15-17-35-18-16-24/h5,8-14,19-20,24,34-37H,2,4,6-7,15-18,21H2,1,3H3/b30-8-,38-34?. The van der Waals surface area contributed by atoms with E-state index in [1.54, 1.807) is 16.7 Å². The molecular formula is C32H39ClN6O. The Bertz CT molecular complexity index is 1420. The highest BCUT2D eigenvalue weighted by atomic mass is 35.5. The molecule has 3 aromatic rings. The van der Waals surface area contributed by atoms with Crippen molar-refractivity contribution in [1.82, 2.24) is 9.88 Å². The molecule has 0 radical (unpaired) electrons. The Kier molecular flexibility index (Phi) is 10.3. The Morgan fingerprint density at radius 2 is 1.88 bits per heavy atom. The number of halogens is 1. The first-order valence-corrected chi connectivity index (χ1v) is 14.4. The molecule has 1 aromatic heterocycles. The minimum Gasteiger partial charge on any atom is -0.368 e. The number of aromatic nitrogens is 1. The van der Waals surface area contributed by atoms with E-state index in [1.807, 2.05) is 31.2 Å². The molecule has 0 amide bonds. The van der Waals surface area contributed by atoms with Gasteiger partial charge in [-0.25, -0.2) is 5.53 Å². The van der Waals surface area contributed by atoms with Gasteiger partial charge in [-0.05, 0) is 75.0 Å². The quantitative estimate of drug-likeness (QED) is 0.134. The number of rotatable bonds is 12. The van der Waals surface area contributed by atoms with Crippen LogP contribution in [0.5, 0.6) is 0 Å². The molecule has 40 heavy (non-hydrogen) atoms. The third-order valence-electron chi connectivity index (χ3n) is 7.43. The fourth-order valence-corrected chi connectivity index (χ4v) is 5.48. The van der Waals surface area contributed by atoms with E-state index in [0.29, 0.717) is 46.8 Å². The summed E-state index contributed by atoms with van der Waals surface area (Å²) in [4.78, 5) is 13.6. The first-order chi connectivity index (χ1) is 19.5. The second kappa shape index (κ2) is 14.1. The first kappa shape index (κ1) is 29.3. The Balaban J connectivity index is 1.54. The molecule has 0 aliphatic carbocycles. The highest BCUT2D eigenvalue weighted by molar-refractivity contribution is 6.33. The minimum absolute atomic E-state index is 0.136. The van der Waals surface area contributed by atoms with Crippen LogP contribution in [0.1, 0.15) is 62.1 Å². The molecule has 1 saturated heterocycles. The number of nitrogens with zero attached hydrogens (tertiary/aromatic N) is 2. The van der Waals surface area contributed by atoms with Crippen molar-refractivity contribution in [2.45, 2.75) is 52.0 Å². The SMILES string of the molecule is C=Cc1cc(-c2ccc(/C(=C/CCC)N=N)cc2Cl)c(=O)n(CC)c1NCNc1ccc(C2CCNCC2)cc1. The van der Waals surface area contributed by atoms with Crippen LogP contribution in [-0.4, -0.2) is 24.3 Å². The van der Waals surface area contributed by atoms with Crippen molar-refractivity contribution >= 4 is 34.9 Å². The van der Waals surface area contributed by atoms with Crippen molar-refractivity contribution in [2.75, 3.05) is 30.4 Å². The Morgan fingerprint density at radius 1 is 1.12 bits per heavy atom. The number of pyridine rings is 1. The fourth-order valence-electron chi connectivity index (χ4n) is 5.20. The van der Waals surface area contributed by atoms with Crippen LogP contribution in [-0.2, 0) is 6.54 Å². The van der Waals surface area contributed by atoms with Gasteiger partial charge in [0, 0.05) is 39.5 Å². The molecule has 7 nitrogen and oxygen atoms in total. The molecule has 1 aliphatic rings. The molecule has 2 aromatic carbocycles. The Labute approximate surface area is 241 Å². The molecule has 0 spiro atoms. The summed E-state index contributed by atoms with van der Waals surface area (Å²) in [7, 11) is 0. The van der Waals surface area contributed by atoms with Gasteiger partial charge in [0.05, 0.1) is 12.4 Å². The van der Waals surface area contributed by atoms with Gasteiger partial charge in [0.2, 0.25) is 0 Å². The summed E-state index contributed by atoms with van der Waals surface area (Å²) in [6, 6.07) is 15.9. The molecule has 0 bridgehead atoms. The molecule has 210 valence electrons. The van der Waals surface area contributed by atoms with Crippen LogP contribution in [0, 0.1) is 5.53 Å². The second-order valence-electron chi connectivity index (χ2n) is 9.98. The number of hydrogen-bond donors (Lipinski definition) is 4. The van der Waals surface area contributed by atoms with E-state index >= 15 is 0 Å². The van der Waals surface area contributed by atoms with Crippen molar-refractivity contribution < 1.29 is 0 Å². The summed E-state index contributed by atoms with van der Waals surface area (Å²) in [5.41, 5.74) is 13.1. The maximum Gasteiger partial charge on any atom is 0.260 e. The zero-order valence-corrected chi connectivity index (χ0v) is 24.2. The van der Waals surface area contributed by atoms with Crippen molar-refractivity contribution in [2.24, 2.45) is 5.11 Å². The summed E-state index contributed by atoms with van der Waals surface area (Å²) in [6.45, 7) is 11.1. The van der Waals surface area contributed by atoms with Crippen LogP contribution in [0.4, 0.5) is 11.5 Å². The number of benzene rings is 2. The largest absolute Gasteiger partial charge is 0.368 e. The van der Waals surface area contributed by atoms with Gasteiger partial charge in [0.1, 0.15) is 5.82 Å². The van der Waals surface area contributed by atoms with E-state index in [9.17, 15) is 4.79 Å². The van der Waals surface area contributed by atoms with E-state index in [1.165, 1.54) is 18.4 Å². The fraction of sp³-hybridized carbons (Fsp3) is 0.344. The molecule has 2 heterocycles. The van der Waals surface area contributed by atoms with Gasteiger partial charge in [0.25, 0.3) is 5.56 Å². The number of anilines is 2. The Morgan fingerprint density at radius 3 is 2.50 bits per heavy atom. The third kappa shape index (κ3) is 6.72. The van der Waals surface area contributed by atoms with Gasteiger partial charge in [0.15, 0.2) is 0 Å². The molecular weight excluding hydrogens is 520 g/mol. The minimum atomic E-state index is -0.136. The van der Waals surface area contributed by atoms with Gasteiger partial charge >= 0.3 is 0 Å². The summed E-state index contributed by atoms with van der Waals surface area (Å²) in [6.07, 6.45) is 7.82. The molecule has 1 fully saturated rings. The molecule has 0 saturated carbocycles. The molecule has 4 rings (SSSR count). The Hall–Kier alpha value is -3.68. The van der Waals surface area contributed by atoms with Crippen LogP contribution in [0.25, 0.3) is 22.9 Å². The zero-order valence-electron chi connectivity index (χ0n) is 23.4. The van der Waals surface area contributed by atoms with Crippen LogP contribution in [0.15, 0.2) is 71.1 Å². The van der Waals surface area contributed by atoms with Crippen molar-refractivity contribution in [3.8, 4) is 11.1 Å². The van der Waals surface area contributed by atoms with Crippen LogP contribution < -0.4 is 21.5 Å². The normalized spacial score (nSPS) is 14.1. The maximum atomic E-state index is 13.6. The third-order valence-corrected chi connectivity index (χ3v) is 7.74. The highest BCUT2D eigenvalue weighted by Crippen LogP contribution is 2.32. The number of hydrogen-bond acceptors (Lipinski definition) is 6. The highest BCUT2D eigenvalue weighted by Gasteiger charge is 2.17. The lowest BCUT2D eigenvalue weighted by Crippen LogP contribution is -2.27. The van der Waals surface area contributed by atoms with Crippen molar-refractivity contribution in [1.29, 1.82) is 5.53 Å². The first-order valence-electron chi connectivity index (χ1n) is 14.1. The molecule has 0 unspecified atom stereocenters. The van der Waals surface area contributed by atoms with E-state index < -0.39 is 0 Å². The summed E-state index contributed by atoms with van der Waals surface area (Å²) in [5, 5.41) is 14.3. The van der Waals surface area contributed by atoms with Crippen LogP contribution in [0.2, 0.25) is 5.02 Å². The summed E-state index contributed by atoms with van der Waals surface area (Å²) < 4.78 is 1.71. The molecule has 1 aliphatic heterocycles. The predicted molar refractivity (Wildman–Crippen MR) is 168 cm³/mol. The zero-order chi connectivity index (χ0) is 28.5. The molecule has 4 N–H and O–H groups in total.